The van der Waals surface area contributed by atoms with Gasteiger partial charge in [0.05, 0.1) is 5.41 Å². The predicted octanol–water partition coefficient (Wildman–Crippen LogP) is 2.06. The SMILES string of the molecule is CCCC1(Cc2ccccc2)CC(=O)NC1=O. The Morgan fingerprint density at radius 2 is 1.94 bits per heavy atom. The fraction of sp³-hybridized carbons (Fsp3) is 0.429. The summed E-state index contributed by atoms with van der Waals surface area (Å²) in [6, 6.07) is 9.89. The van der Waals surface area contributed by atoms with Crippen LogP contribution in [0.15, 0.2) is 30.3 Å². The Morgan fingerprint density at radius 1 is 1.24 bits per heavy atom. The van der Waals surface area contributed by atoms with Crippen molar-refractivity contribution in [1.82, 2.24) is 5.32 Å². The van der Waals surface area contributed by atoms with Gasteiger partial charge in [-0.3, -0.25) is 14.9 Å². The molecule has 2 rings (SSSR count). The van der Waals surface area contributed by atoms with E-state index in [1.54, 1.807) is 0 Å². The molecule has 0 radical (unpaired) electrons. The summed E-state index contributed by atoms with van der Waals surface area (Å²) in [5.74, 6) is -0.243. The van der Waals surface area contributed by atoms with Gasteiger partial charge in [-0.15, -0.1) is 0 Å². The molecule has 1 N–H and O–H groups in total. The standard InChI is InChI=1S/C14H17NO2/c1-2-8-14(10-12(16)15-13(14)17)9-11-6-4-3-5-7-11/h3-7H,2,8-10H2,1H3,(H,15,16,17). The Bertz CT molecular complexity index is 427. The minimum absolute atomic E-state index is 0.104. The first kappa shape index (κ1) is 11.8. The van der Waals surface area contributed by atoms with Gasteiger partial charge in [-0.1, -0.05) is 43.7 Å². The molecule has 0 aromatic heterocycles. The van der Waals surface area contributed by atoms with Crippen molar-refractivity contribution in [2.45, 2.75) is 32.6 Å². The molecule has 3 heteroatoms. The van der Waals surface area contributed by atoms with Gasteiger partial charge in [0, 0.05) is 6.42 Å². The summed E-state index contributed by atoms with van der Waals surface area (Å²) in [6.45, 7) is 2.04. The zero-order valence-electron chi connectivity index (χ0n) is 10.0. The molecule has 1 atom stereocenters. The Hall–Kier alpha value is -1.64. The zero-order chi connectivity index (χ0) is 12.3. The fourth-order valence-electron chi connectivity index (χ4n) is 2.59. The number of carbonyl (C=O) groups excluding carboxylic acids is 2. The quantitative estimate of drug-likeness (QED) is 0.806. The summed E-state index contributed by atoms with van der Waals surface area (Å²) < 4.78 is 0. The van der Waals surface area contributed by atoms with Gasteiger partial charge in [-0.2, -0.15) is 0 Å². The molecule has 0 bridgehead atoms. The van der Waals surface area contributed by atoms with Crippen molar-refractivity contribution in [3.05, 3.63) is 35.9 Å². The summed E-state index contributed by atoms with van der Waals surface area (Å²) in [5.41, 5.74) is 0.596. The van der Waals surface area contributed by atoms with E-state index in [0.717, 1.165) is 18.4 Å². The van der Waals surface area contributed by atoms with Crippen LogP contribution in [0, 0.1) is 5.41 Å². The average molecular weight is 231 g/mol. The number of imide groups is 1. The van der Waals surface area contributed by atoms with Crippen LogP contribution in [0.5, 0.6) is 0 Å². The van der Waals surface area contributed by atoms with Gasteiger partial charge in [0.2, 0.25) is 11.8 Å². The van der Waals surface area contributed by atoms with Crippen LogP contribution in [0.25, 0.3) is 0 Å². The topological polar surface area (TPSA) is 46.2 Å². The van der Waals surface area contributed by atoms with E-state index in [9.17, 15) is 9.59 Å². The number of nitrogens with one attached hydrogen (secondary N) is 1. The third-order valence-corrected chi connectivity index (χ3v) is 3.35. The van der Waals surface area contributed by atoms with Crippen LogP contribution in [0.3, 0.4) is 0 Å². The molecule has 1 heterocycles. The van der Waals surface area contributed by atoms with E-state index in [1.807, 2.05) is 37.3 Å². The minimum atomic E-state index is -0.521. The van der Waals surface area contributed by atoms with Gasteiger partial charge in [0.15, 0.2) is 0 Å². The smallest absolute Gasteiger partial charge is 0.233 e. The molecule has 0 aliphatic carbocycles. The molecule has 90 valence electrons. The van der Waals surface area contributed by atoms with E-state index >= 15 is 0 Å². The van der Waals surface area contributed by atoms with E-state index < -0.39 is 5.41 Å². The van der Waals surface area contributed by atoms with Crippen molar-refractivity contribution in [3.63, 3.8) is 0 Å². The van der Waals surface area contributed by atoms with Crippen molar-refractivity contribution in [1.29, 1.82) is 0 Å². The molecular weight excluding hydrogens is 214 g/mol. The van der Waals surface area contributed by atoms with Crippen molar-refractivity contribution in [2.75, 3.05) is 0 Å². The molecule has 1 aromatic carbocycles. The maximum Gasteiger partial charge on any atom is 0.233 e. The molecule has 0 spiro atoms. The third-order valence-electron chi connectivity index (χ3n) is 3.35. The van der Waals surface area contributed by atoms with Crippen molar-refractivity contribution >= 4 is 11.8 Å². The second-order valence-corrected chi connectivity index (χ2v) is 4.75. The number of hydrogen-bond acceptors (Lipinski definition) is 2. The van der Waals surface area contributed by atoms with Crippen LogP contribution in [0.2, 0.25) is 0 Å². The lowest BCUT2D eigenvalue weighted by Crippen LogP contribution is -2.33. The first-order chi connectivity index (χ1) is 8.16. The van der Waals surface area contributed by atoms with E-state index in [0.29, 0.717) is 12.8 Å². The highest BCUT2D eigenvalue weighted by Crippen LogP contribution is 2.36. The van der Waals surface area contributed by atoms with Gasteiger partial charge in [-0.25, -0.2) is 0 Å². The first-order valence-corrected chi connectivity index (χ1v) is 6.04. The van der Waals surface area contributed by atoms with Crippen LogP contribution in [0.1, 0.15) is 31.7 Å². The van der Waals surface area contributed by atoms with E-state index in [4.69, 9.17) is 0 Å². The second kappa shape index (κ2) is 4.70. The number of benzene rings is 1. The summed E-state index contributed by atoms with van der Waals surface area (Å²) in [6.07, 6.45) is 2.65. The van der Waals surface area contributed by atoms with Crippen molar-refractivity contribution < 1.29 is 9.59 Å². The molecule has 3 nitrogen and oxygen atoms in total. The minimum Gasteiger partial charge on any atom is -0.296 e. The molecule has 1 aromatic rings. The molecule has 1 aliphatic heterocycles. The molecule has 1 unspecified atom stereocenters. The van der Waals surface area contributed by atoms with E-state index in [2.05, 4.69) is 5.32 Å². The zero-order valence-corrected chi connectivity index (χ0v) is 10.0. The normalized spacial score (nSPS) is 23.8. The third kappa shape index (κ3) is 2.38. The second-order valence-electron chi connectivity index (χ2n) is 4.75. The van der Waals surface area contributed by atoms with Crippen molar-refractivity contribution in [2.24, 2.45) is 5.41 Å². The van der Waals surface area contributed by atoms with Crippen LogP contribution < -0.4 is 5.32 Å². The monoisotopic (exact) mass is 231 g/mol. The van der Waals surface area contributed by atoms with Crippen LogP contribution in [-0.4, -0.2) is 11.8 Å². The Labute approximate surface area is 101 Å². The maximum atomic E-state index is 12.0. The summed E-state index contributed by atoms with van der Waals surface area (Å²) >= 11 is 0. The molecule has 0 saturated carbocycles. The first-order valence-electron chi connectivity index (χ1n) is 6.04. The van der Waals surface area contributed by atoms with Gasteiger partial charge >= 0.3 is 0 Å². The Morgan fingerprint density at radius 3 is 2.47 bits per heavy atom. The fourth-order valence-corrected chi connectivity index (χ4v) is 2.59. The molecule has 17 heavy (non-hydrogen) atoms. The number of rotatable bonds is 4. The highest BCUT2D eigenvalue weighted by atomic mass is 16.2. The van der Waals surface area contributed by atoms with Crippen LogP contribution in [-0.2, 0) is 16.0 Å². The van der Waals surface area contributed by atoms with Gasteiger partial charge in [-0.05, 0) is 18.4 Å². The van der Waals surface area contributed by atoms with Crippen LogP contribution in [0.4, 0.5) is 0 Å². The summed E-state index contributed by atoms with van der Waals surface area (Å²) in [7, 11) is 0. The van der Waals surface area contributed by atoms with E-state index in [1.165, 1.54) is 0 Å². The van der Waals surface area contributed by atoms with Crippen LogP contribution >= 0.6 is 0 Å². The molecule has 2 amide bonds. The largest absolute Gasteiger partial charge is 0.296 e. The average Bonchev–Trinajstić information content (AvgIpc) is 2.55. The number of hydrogen-bond donors (Lipinski definition) is 1. The van der Waals surface area contributed by atoms with Gasteiger partial charge in [0.25, 0.3) is 0 Å². The number of carbonyl (C=O) groups is 2. The summed E-state index contributed by atoms with van der Waals surface area (Å²) in [4.78, 5) is 23.4. The van der Waals surface area contributed by atoms with Gasteiger partial charge < -0.3 is 0 Å². The predicted molar refractivity (Wildman–Crippen MR) is 65.3 cm³/mol. The molecule has 1 aliphatic rings. The lowest BCUT2D eigenvalue weighted by Gasteiger charge is -2.24. The molecular formula is C14H17NO2. The number of amides is 2. The molecule has 1 saturated heterocycles. The van der Waals surface area contributed by atoms with Gasteiger partial charge in [0.1, 0.15) is 0 Å². The molecule has 1 fully saturated rings. The highest BCUT2D eigenvalue weighted by Gasteiger charge is 2.45. The summed E-state index contributed by atoms with van der Waals surface area (Å²) in [5, 5.41) is 2.43. The highest BCUT2D eigenvalue weighted by molar-refractivity contribution is 6.06. The van der Waals surface area contributed by atoms with Crippen molar-refractivity contribution in [3.8, 4) is 0 Å². The lowest BCUT2D eigenvalue weighted by molar-refractivity contribution is -0.128. The van der Waals surface area contributed by atoms with E-state index in [-0.39, 0.29) is 11.8 Å². The lowest BCUT2D eigenvalue weighted by atomic mass is 9.76. The Balaban J connectivity index is 2.24. The maximum absolute atomic E-state index is 12.0. The Kier molecular flexibility index (Phi) is 3.27.